The van der Waals surface area contributed by atoms with Gasteiger partial charge in [0.2, 0.25) is 0 Å². The van der Waals surface area contributed by atoms with Crippen LogP contribution in [0.15, 0.2) is 45.3 Å². The van der Waals surface area contributed by atoms with Crippen molar-refractivity contribution in [3.63, 3.8) is 0 Å². The smallest absolute Gasteiger partial charge is 0.142 e. The largest absolute Gasteiger partial charge is 0.306 e. The molecule has 112 valence electrons. The van der Waals surface area contributed by atoms with Crippen LogP contribution in [0.4, 0.5) is 8.78 Å². The van der Waals surface area contributed by atoms with Gasteiger partial charge in [-0.15, -0.1) is 0 Å². The molecule has 1 unspecified atom stereocenters. The predicted octanol–water partition coefficient (Wildman–Crippen LogP) is 5.58. The highest BCUT2D eigenvalue weighted by Crippen LogP contribution is 2.30. The Hall–Kier alpha value is -0.780. The first-order valence-corrected chi connectivity index (χ1v) is 8.25. The lowest BCUT2D eigenvalue weighted by Gasteiger charge is -2.21. The molecule has 0 aliphatic carbocycles. The van der Waals surface area contributed by atoms with Crippen molar-refractivity contribution in [3.05, 3.63) is 68.1 Å². The molecule has 2 aromatic rings. The van der Waals surface area contributed by atoms with Crippen molar-refractivity contribution in [3.8, 4) is 0 Å². The van der Waals surface area contributed by atoms with E-state index >= 15 is 0 Å². The second kappa shape index (κ2) is 7.47. The number of rotatable bonds is 5. The van der Waals surface area contributed by atoms with Crippen molar-refractivity contribution in [2.24, 2.45) is 0 Å². The van der Waals surface area contributed by atoms with Gasteiger partial charge in [0.05, 0.1) is 10.5 Å². The van der Waals surface area contributed by atoms with E-state index in [2.05, 4.69) is 37.2 Å². The molecule has 0 fully saturated rings. The Balaban J connectivity index is 2.49. The van der Waals surface area contributed by atoms with Crippen molar-refractivity contribution in [1.29, 1.82) is 0 Å². The summed E-state index contributed by atoms with van der Waals surface area (Å²) in [6.07, 6.45) is 0.879. The van der Waals surface area contributed by atoms with Crippen LogP contribution in [0.5, 0.6) is 0 Å². The van der Waals surface area contributed by atoms with E-state index in [-0.39, 0.29) is 11.6 Å². The van der Waals surface area contributed by atoms with Crippen LogP contribution in [0.3, 0.4) is 0 Å². The highest BCUT2D eigenvalue weighted by molar-refractivity contribution is 9.10. The maximum atomic E-state index is 14.4. The van der Waals surface area contributed by atoms with Gasteiger partial charge in [0.1, 0.15) is 11.6 Å². The first-order chi connectivity index (χ1) is 10.0. The molecule has 0 aromatic heterocycles. The van der Waals surface area contributed by atoms with Crippen LogP contribution < -0.4 is 5.32 Å². The summed E-state index contributed by atoms with van der Waals surface area (Å²) in [5.74, 6) is -0.731. The second-order valence-corrected chi connectivity index (χ2v) is 6.47. The van der Waals surface area contributed by atoms with E-state index in [1.807, 2.05) is 6.92 Å². The van der Waals surface area contributed by atoms with Crippen LogP contribution in [-0.2, 0) is 0 Å². The monoisotopic (exact) mass is 417 g/mol. The standard InChI is InChI=1S/C16H15Br2F2N/c1-2-8-21-16(11-7-6-10(17)9-14(11)19)12-4-3-5-13(18)15(12)20/h3-7,9,16,21H,2,8H2,1H3. The fourth-order valence-corrected chi connectivity index (χ4v) is 2.87. The zero-order valence-electron chi connectivity index (χ0n) is 11.5. The lowest BCUT2D eigenvalue weighted by molar-refractivity contribution is 0.518. The summed E-state index contributed by atoms with van der Waals surface area (Å²) in [5.41, 5.74) is 0.864. The summed E-state index contributed by atoms with van der Waals surface area (Å²) < 4.78 is 29.6. The van der Waals surface area contributed by atoms with E-state index in [0.29, 0.717) is 26.6 Å². The molecule has 1 nitrogen and oxygen atoms in total. The molecule has 0 heterocycles. The van der Waals surface area contributed by atoms with E-state index in [4.69, 9.17) is 0 Å². The molecule has 0 amide bonds. The number of nitrogens with one attached hydrogen (secondary N) is 1. The maximum Gasteiger partial charge on any atom is 0.142 e. The Bertz CT molecular complexity index is 632. The van der Waals surface area contributed by atoms with Crippen molar-refractivity contribution < 1.29 is 8.78 Å². The summed E-state index contributed by atoms with van der Waals surface area (Å²) in [5, 5.41) is 3.21. The Morgan fingerprint density at radius 1 is 1.10 bits per heavy atom. The topological polar surface area (TPSA) is 12.0 Å². The summed E-state index contributed by atoms with van der Waals surface area (Å²) in [7, 11) is 0. The lowest BCUT2D eigenvalue weighted by atomic mass is 9.97. The zero-order valence-corrected chi connectivity index (χ0v) is 14.6. The van der Waals surface area contributed by atoms with Crippen molar-refractivity contribution in [2.45, 2.75) is 19.4 Å². The van der Waals surface area contributed by atoms with Crippen LogP contribution in [0.1, 0.15) is 30.5 Å². The van der Waals surface area contributed by atoms with Gasteiger partial charge in [0, 0.05) is 15.6 Å². The van der Waals surface area contributed by atoms with Gasteiger partial charge in [-0.3, -0.25) is 0 Å². The van der Waals surface area contributed by atoms with E-state index in [1.54, 1.807) is 30.3 Å². The summed E-state index contributed by atoms with van der Waals surface area (Å²) >= 11 is 6.42. The van der Waals surface area contributed by atoms with Crippen molar-refractivity contribution in [1.82, 2.24) is 5.32 Å². The van der Waals surface area contributed by atoms with Crippen LogP contribution in [0, 0.1) is 11.6 Å². The molecule has 0 aliphatic rings. The second-order valence-electron chi connectivity index (χ2n) is 4.70. The third kappa shape index (κ3) is 3.90. The van der Waals surface area contributed by atoms with Crippen LogP contribution in [0.2, 0.25) is 0 Å². The predicted molar refractivity (Wildman–Crippen MR) is 88.3 cm³/mol. The molecule has 0 saturated carbocycles. The Kier molecular flexibility index (Phi) is 5.90. The number of hydrogen-bond donors (Lipinski definition) is 1. The normalized spacial score (nSPS) is 12.4. The van der Waals surface area contributed by atoms with Gasteiger partial charge >= 0.3 is 0 Å². The van der Waals surface area contributed by atoms with Gasteiger partial charge in [-0.1, -0.05) is 41.1 Å². The van der Waals surface area contributed by atoms with E-state index in [9.17, 15) is 8.78 Å². The van der Waals surface area contributed by atoms with E-state index in [0.717, 1.165) is 6.42 Å². The molecule has 21 heavy (non-hydrogen) atoms. The molecule has 0 radical (unpaired) electrons. The molecular formula is C16H15Br2F2N. The maximum absolute atomic E-state index is 14.4. The van der Waals surface area contributed by atoms with Crippen LogP contribution in [0.25, 0.3) is 0 Å². The van der Waals surface area contributed by atoms with Gasteiger partial charge in [-0.25, -0.2) is 8.78 Å². The van der Waals surface area contributed by atoms with Crippen molar-refractivity contribution >= 4 is 31.9 Å². The highest BCUT2D eigenvalue weighted by Gasteiger charge is 2.21. The number of halogens is 4. The van der Waals surface area contributed by atoms with Gasteiger partial charge in [-0.2, -0.15) is 0 Å². The Labute approximate surface area is 140 Å². The molecule has 0 saturated heterocycles. The third-order valence-electron chi connectivity index (χ3n) is 3.16. The molecule has 5 heteroatoms. The summed E-state index contributed by atoms with van der Waals surface area (Å²) in [6, 6.07) is 9.37. The molecule has 0 spiro atoms. The SMILES string of the molecule is CCCNC(c1ccc(Br)cc1F)c1cccc(Br)c1F. The third-order valence-corrected chi connectivity index (χ3v) is 4.27. The Morgan fingerprint density at radius 2 is 1.86 bits per heavy atom. The molecule has 1 atom stereocenters. The zero-order chi connectivity index (χ0) is 15.4. The Morgan fingerprint density at radius 3 is 2.52 bits per heavy atom. The quantitative estimate of drug-likeness (QED) is 0.668. The van der Waals surface area contributed by atoms with Gasteiger partial charge in [-0.05, 0) is 47.1 Å². The summed E-state index contributed by atoms with van der Waals surface area (Å²) in [4.78, 5) is 0. The van der Waals surface area contributed by atoms with Crippen molar-refractivity contribution in [2.75, 3.05) is 6.54 Å². The number of benzene rings is 2. The minimum Gasteiger partial charge on any atom is -0.306 e. The fourth-order valence-electron chi connectivity index (χ4n) is 2.16. The number of hydrogen-bond acceptors (Lipinski definition) is 1. The van der Waals surface area contributed by atoms with Crippen LogP contribution >= 0.6 is 31.9 Å². The van der Waals surface area contributed by atoms with Gasteiger partial charge < -0.3 is 5.32 Å². The molecule has 0 bridgehead atoms. The summed E-state index contributed by atoms with van der Waals surface area (Å²) in [6.45, 7) is 2.69. The fraction of sp³-hybridized carbons (Fsp3) is 0.250. The van der Waals surface area contributed by atoms with Gasteiger partial charge in [0.15, 0.2) is 0 Å². The average molecular weight is 419 g/mol. The van der Waals surface area contributed by atoms with Gasteiger partial charge in [0.25, 0.3) is 0 Å². The average Bonchev–Trinajstić information content (AvgIpc) is 2.45. The molecule has 2 aromatic carbocycles. The minimum atomic E-state index is -0.518. The van der Waals surface area contributed by atoms with E-state index < -0.39 is 6.04 Å². The molecule has 1 N–H and O–H groups in total. The highest BCUT2D eigenvalue weighted by atomic mass is 79.9. The van der Waals surface area contributed by atoms with E-state index in [1.165, 1.54) is 6.07 Å². The lowest BCUT2D eigenvalue weighted by Crippen LogP contribution is -2.25. The molecule has 0 aliphatic heterocycles. The molecular weight excluding hydrogens is 404 g/mol. The molecule has 2 rings (SSSR count). The minimum absolute atomic E-state index is 0.364. The first kappa shape index (κ1) is 16.6. The first-order valence-electron chi connectivity index (χ1n) is 6.66. The van der Waals surface area contributed by atoms with Crippen LogP contribution in [-0.4, -0.2) is 6.54 Å².